The molecule has 0 saturated heterocycles. The number of halogens is 3. The lowest BCUT2D eigenvalue weighted by Crippen LogP contribution is -2.00. The van der Waals surface area contributed by atoms with Gasteiger partial charge < -0.3 is 0 Å². The van der Waals surface area contributed by atoms with Crippen LogP contribution in [0.2, 0.25) is 5.02 Å². The fourth-order valence-electron chi connectivity index (χ4n) is 2.05. The van der Waals surface area contributed by atoms with Crippen LogP contribution in [-0.2, 0) is 6.42 Å². The summed E-state index contributed by atoms with van der Waals surface area (Å²) < 4.78 is 13.8. The summed E-state index contributed by atoms with van der Waals surface area (Å²) in [4.78, 5) is 0. The minimum absolute atomic E-state index is 0.351. The van der Waals surface area contributed by atoms with Crippen molar-refractivity contribution in [1.82, 2.24) is 0 Å². The number of alkyl halides is 1. The van der Waals surface area contributed by atoms with Crippen molar-refractivity contribution in [2.75, 3.05) is 0 Å². The predicted octanol–water partition coefficient (Wildman–Crippen LogP) is 5.62. The van der Waals surface area contributed by atoms with Gasteiger partial charge in [0.25, 0.3) is 0 Å². The number of hydrogen-bond acceptors (Lipinski definition) is 0. The molecule has 19 heavy (non-hydrogen) atoms. The second-order valence-corrected chi connectivity index (χ2v) is 5.66. The average molecular weight is 297 g/mol. The second-order valence-electron chi connectivity index (χ2n) is 4.73. The minimum Gasteiger partial charge on any atom is -0.207 e. The molecule has 0 radical (unpaired) electrons. The molecule has 1 unspecified atom stereocenters. The van der Waals surface area contributed by atoms with E-state index in [-0.39, 0.29) is 5.82 Å². The van der Waals surface area contributed by atoms with Gasteiger partial charge in [0.15, 0.2) is 0 Å². The van der Waals surface area contributed by atoms with E-state index in [2.05, 4.69) is 26.0 Å². The Labute approximate surface area is 123 Å². The highest BCUT2D eigenvalue weighted by molar-refractivity contribution is 6.32. The lowest BCUT2D eigenvalue weighted by molar-refractivity contribution is 0.606. The molecule has 0 aliphatic rings. The minimum atomic E-state index is -0.462. The Hall–Kier alpha value is -1.05. The summed E-state index contributed by atoms with van der Waals surface area (Å²) in [5.41, 5.74) is 3.91. The summed E-state index contributed by atoms with van der Waals surface area (Å²) in [7, 11) is 0. The number of hydrogen-bond donors (Lipinski definition) is 0. The first-order chi connectivity index (χ1) is 8.99. The Balaban J connectivity index is 2.25. The molecule has 2 aromatic rings. The van der Waals surface area contributed by atoms with Gasteiger partial charge in [0.2, 0.25) is 0 Å². The molecule has 2 rings (SSSR count). The van der Waals surface area contributed by atoms with Crippen molar-refractivity contribution >= 4 is 23.2 Å². The van der Waals surface area contributed by atoms with Crippen molar-refractivity contribution in [2.24, 2.45) is 0 Å². The Morgan fingerprint density at radius 1 is 1.11 bits per heavy atom. The molecule has 0 bridgehead atoms. The third kappa shape index (κ3) is 3.29. The van der Waals surface area contributed by atoms with Crippen LogP contribution in [0.4, 0.5) is 4.39 Å². The zero-order valence-corrected chi connectivity index (χ0v) is 12.4. The maximum Gasteiger partial charge on any atom is 0.129 e. The highest BCUT2D eigenvalue weighted by Crippen LogP contribution is 2.33. The van der Waals surface area contributed by atoms with Crippen LogP contribution in [0, 0.1) is 19.7 Å². The van der Waals surface area contributed by atoms with Gasteiger partial charge in [0, 0.05) is 10.6 Å². The van der Waals surface area contributed by atoms with E-state index in [0.717, 1.165) is 5.56 Å². The van der Waals surface area contributed by atoms with E-state index in [1.54, 1.807) is 12.1 Å². The third-order valence-electron chi connectivity index (χ3n) is 3.30. The standard InChI is InChI=1S/C16H15Cl2F/c1-10-6-7-12(8-11(10)2)9-14(18)16-13(17)4-3-5-15(16)19/h3-8,14H,9H2,1-2H3. The Morgan fingerprint density at radius 3 is 2.47 bits per heavy atom. The molecular weight excluding hydrogens is 282 g/mol. The fraction of sp³-hybridized carbons (Fsp3) is 0.250. The van der Waals surface area contributed by atoms with Crippen molar-refractivity contribution in [1.29, 1.82) is 0 Å². The van der Waals surface area contributed by atoms with Gasteiger partial charge in [0.1, 0.15) is 5.82 Å². The van der Waals surface area contributed by atoms with E-state index >= 15 is 0 Å². The molecule has 3 heteroatoms. The molecule has 0 aliphatic carbocycles. The van der Waals surface area contributed by atoms with Gasteiger partial charge in [-0.2, -0.15) is 0 Å². The highest BCUT2D eigenvalue weighted by Gasteiger charge is 2.17. The molecule has 0 nitrogen and oxygen atoms in total. The van der Waals surface area contributed by atoms with Crippen LogP contribution in [0.5, 0.6) is 0 Å². The van der Waals surface area contributed by atoms with Gasteiger partial charge in [-0.15, -0.1) is 11.6 Å². The average Bonchev–Trinajstić information content (AvgIpc) is 2.33. The molecule has 0 aliphatic heterocycles. The van der Waals surface area contributed by atoms with Gasteiger partial charge in [-0.3, -0.25) is 0 Å². The van der Waals surface area contributed by atoms with Crippen LogP contribution in [0.15, 0.2) is 36.4 Å². The Morgan fingerprint density at radius 2 is 1.84 bits per heavy atom. The molecule has 0 spiro atoms. The molecule has 100 valence electrons. The first-order valence-corrected chi connectivity index (χ1v) is 6.94. The summed E-state index contributed by atoms with van der Waals surface area (Å²) in [5.74, 6) is -0.351. The maximum absolute atomic E-state index is 13.8. The Bertz CT molecular complexity index is 573. The molecule has 0 amide bonds. The van der Waals surface area contributed by atoms with Crippen LogP contribution in [0.3, 0.4) is 0 Å². The zero-order chi connectivity index (χ0) is 14.0. The monoisotopic (exact) mass is 296 g/mol. The first kappa shape index (κ1) is 14.4. The molecule has 0 aromatic heterocycles. The van der Waals surface area contributed by atoms with Crippen molar-refractivity contribution in [3.8, 4) is 0 Å². The zero-order valence-electron chi connectivity index (χ0n) is 10.9. The SMILES string of the molecule is Cc1ccc(CC(Cl)c2c(F)cccc2Cl)cc1C. The van der Waals surface area contributed by atoms with Crippen LogP contribution >= 0.6 is 23.2 Å². The number of rotatable bonds is 3. The summed E-state index contributed by atoms with van der Waals surface area (Å²) in [6.07, 6.45) is 0.559. The molecule has 2 aromatic carbocycles. The summed E-state index contributed by atoms with van der Waals surface area (Å²) in [6.45, 7) is 4.11. The molecule has 1 atom stereocenters. The lowest BCUT2D eigenvalue weighted by atomic mass is 10.00. The van der Waals surface area contributed by atoms with E-state index < -0.39 is 5.38 Å². The van der Waals surface area contributed by atoms with Gasteiger partial charge >= 0.3 is 0 Å². The van der Waals surface area contributed by atoms with Gasteiger partial charge in [0.05, 0.1) is 5.38 Å². The van der Waals surface area contributed by atoms with Crippen molar-refractivity contribution < 1.29 is 4.39 Å². The second kappa shape index (κ2) is 5.94. The van der Waals surface area contributed by atoms with E-state index in [1.165, 1.54) is 17.2 Å². The summed E-state index contributed by atoms with van der Waals surface area (Å²) in [5, 5.41) is -0.0837. The van der Waals surface area contributed by atoms with Crippen molar-refractivity contribution in [3.63, 3.8) is 0 Å². The van der Waals surface area contributed by atoms with Gasteiger partial charge in [-0.25, -0.2) is 4.39 Å². The molecule has 0 N–H and O–H groups in total. The lowest BCUT2D eigenvalue weighted by Gasteiger charge is -2.13. The van der Waals surface area contributed by atoms with E-state index in [1.807, 2.05) is 6.07 Å². The summed E-state index contributed by atoms with van der Waals surface area (Å²) in [6, 6.07) is 10.8. The van der Waals surface area contributed by atoms with Crippen molar-refractivity contribution in [3.05, 3.63) is 69.5 Å². The summed E-state index contributed by atoms with van der Waals surface area (Å²) >= 11 is 12.3. The van der Waals surface area contributed by atoms with E-state index in [0.29, 0.717) is 17.0 Å². The largest absolute Gasteiger partial charge is 0.207 e. The van der Waals surface area contributed by atoms with Crippen molar-refractivity contribution in [2.45, 2.75) is 25.6 Å². The smallest absolute Gasteiger partial charge is 0.129 e. The maximum atomic E-state index is 13.8. The topological polar surface area (TPSA) is 0 Å². The molecule has 0 saturated carbocycles. The molecule has 0 heterocycles. The number of aryl methyl sites for hydroxylation is 2. The first-order valence-electron chi connectivity index (χ1n) is 6.13. The fourth-order valence-corrected chi connectivity index (χ4v) is 2.80. The normalized spacial score (nSPS) is 12.5. The van der Waals surface area contributed by atoms with Crippen LogP contribution in [-0.4, -0.2) is 0 Å². The van der Waals surface area contributed by atoms with E-state index in [9.17, 15) is 4.39 Å². The quantitative estimate of drug-likeness (QED) is 0.645. The van der Waals surface area contributed by atoms with E-state index in [4.69, 9.17) is 23.2 Å². The van der Waals surface area contributed by atoms with Crippen LogP contribution in [0.1, 0.15) is 27.6 Å². The third-order valence-corrected chi connectivity index (χ3v) is 4.00. The predicted molar refractivity (Wildman–Crippen MR) is 79.6 cm³/mol. The van der Waals surface area contributed by atoms with Gasteiger partial charge in [-0.1, -0.05) is 35.9 Å². The highest BCUT2D eigenvalue weighted by atomic mass is 35.5. The van der Waals surface area contributed by atoms with Gasteiger partial charge in [-0.05, 0) is 49.1 Å². The molecule has 0 fully saturated rings. The van der Waals surface area contributed by atoms with Crippen LogP contribution < -0.4 is 0 Å². The number of benzene rings is 2. The molecular formula is C16H15Cl2F. The van der Waals surface area contributed by atoms with Crippen LogP contribution in [0.25, 0.3) is 0 Å². The Kier molecular flexibility index (Phi) is 4.49.